The van der Waals surface area contributed by atoms with Crippen LogP contribution >= 0.6 is 0 Å². The molecule has 1 aliphatic rings. The molecule has 2 amide bonds. The Morgan fingerprint density at radius 2 is 1.58 bits per heavy atom. The van der Waals surface area contributed by atoms with Gasteiger partial charge in [-0.25, -0.2) is 12.8 Å². The van der Waals surface area contributed by atoms with Crippen molar-refractivity contribution in [3.8, 4) is 0 Å². The predicted octanol–water partition coefficient (Wildman–Crippen LogP) is 3.05. The number of para-hydroxylation sites is 1. The zero-order valence-electron chi connectivity index (χ0n) is 19.8. The average Bonchev–Trinajstić information content (AvgIpc) is 2.90. The third-order valence-corrected chi connectivity index (χ3v) is 7.83. The number of anilines is 2. The SMILES string of the molecule is CN(CC(=O)Nc1ccc(F)cc1)C(=O)c1cccc(S(=O)(=O)N2CCN(c3ccccc3)CC2)c1. The van der Waals surface area contributed by atoms with Gasteiger partial charge in [-0.15, -0.1) is 0 Å². The number of amides is 2. The van der Waals surface area contributed by atoms with Crippen LogP contribution in [0.25, 0.3) is 0 Å². The lowest BCUT2D eigenvalue weighted by molar-refractivity contribution is -0.116. The minimum absolute atomic E-state index is 0.0330. The minimum Gasteiger partial charge on any atom is -0.369 e. The van der Waals surface area contributed by atoms with Gasteiger partial charge in [-0.1, -0.05) is 24.3 Å². The third-order valence-electron chi connectivity index (χ3n) is 5.93. The van der Waals surface area contributed by atoms with Gasteiger partial charge in [0.25, 0.3) is 5.91 Å². The Kier molecular flexibility index (Phi) is 7.66. The molecule has 0 aliphatic carbocycles. The van der Waals surface area contributed by atoms with E-state index in [4.69, 9.17) is 0 Å². The van der Waals surface area contributed by atoms with Crippen molar-refractivity contribution >= 4 is 33.2 Å². The molecule has 0 aromatic heterocycles. The highest BCUT2D eigenvalue weighted by molar-refractivity contribution is 7.89. The van der Waals surface area contributed by atoms with Crippen molar-refractivity contribution in [3.63, 3.8) is 0 Å². The predicted molar refractivity (Wildman–Crippen MR) is 136 cm³/mol. The fourth-order valence-electron chi connectivity index (χ4n) is 4.01. The number of rotatable bonds is 7. The number of halogens is 1. The van der Waals surface area contributed by atoms with Crippen LogP contribution in [0, 0.1) is 5.82 Å². The lowest BCUT2D eigenvalue weighted by atomic mass is 10.2. The summed E-state index contributed by atoms with van der Waals surface area (Å²) in [4.78, 5) is 28.6. The molecule has 1 heterocycles. The first-order chi connectivity index (χ1) is 17.2. The van der Waals surface area contributed by atoms with E-state index < -0.39 is 27.7 Å². The molecule has 3 aromatic carbocycles. The fraction of sp³-hybridized carbons (Fsp3) is 0.231. The molecule has 1 N–H and O–H groups in total. The molecular formula is C26H27FN4O4S. The van der Waals surface area contributed by atoms with Crippen LogP contribution in [0.5, 0.6) is 0 Å². The second-order valence-electron chi connectivity index (χ2n) is 8.47. The van der Waals surface area contributed by atoms with Crippen LogP contribution in [0.15, 0.2) is 83.8 Å². The smallest absolute Gasteiger partial charge is 0.254 e. The monoisotopic (exact) mass is 510 g/mol. The van der Waals surface area contributed by atoms with Gasteiger partial charge in [-0.3, -0.25) is 9.59 Å². The molecule has 0 unspecified atom stereocenters. The molecule has 4 rings (SSSR count). The van der Waals surface area contributed by atoms with E-state index in [1.54, 1.807) is 0 Å². The van der Waals surface area contributed by atoms with Crippen molar-refractivity contribution in [2.45, 2.75) is 4.90 Å². The van der Waals surface area contributed by atoms with E-state index >= 15 is 0 Å². The molecule has 10 heteroatoms. The van der Waals surface area contributed by atoms with Gasteiger partial charge in [-0.05, 0) is 54.6 Å². The molecule has 0 spiro atoms. The first kappa shape index (κ1) is 25.3. The van der Waals surface area contributed by atoms with Gasteiger partial charge in [0, 0.05) is 50.2 Å². The number of carbonyl (C=O) groups excluding carboxylic acids is 2. The van der Waals surface area contributed by atoms with Crippen molar-refractivity contribution < 1.29 is 22.4 Å². The van der Waals surface area contributed by atoms with E-state index in [2.05, 4.69) is 10.2 Å². The van der Waals surface area contributed by atoms with Gasteiger partial charge >= 0.3 is 0 Å². The fourth-order valence-corrected chi connectivity index (χ4v) is 5.47. The van der Waals surface area contributed by atoms with E-state index in [1.165, 1.54) is 64.8 Å². The molecule has 36 heavy (non-hydrogen) atoms. The van der Waals surface area contributed by atoms with Crippen LogP contribution in [0.2, 0.25) is 0 Å². The van der Waals surface area contributed by atoms with Gasteiger partial charge in [0.1, 0.15) is 5.82 Å². The van der Waals surface area contributed by atoms with Crippen LogP contribution < -0.4 is 10.2 Å². The molecular weight excluding hydrogens is 483 g/mol. The molecule has 0 atom stereocenters. The van der Waals surface area contributed by atoms with Crippen molar-refractivity contribution in [2.75, 3.05) is 50.0 Å². The van der Waals surface area contributed by atoms with Crippen molar-refractivity contribution in [3.05, 3.63) is 90.2 Å². The molecule has 0 bridgehead atoms. The minimum atomic E-state index is -3.79. The summed E-state index contributed by atoms with van der Waals surface area (Å²) in [6, 6.07) is 21.0. The molecule has 8 nitrogen and oxygen atoms in total. The lowest BCUT2D eigenvalue weighted by Crippen LogP contribution is -2.48. The van der Waals surface area contributed by atoms with E-state index in [9.17, 15) is 22.4 Å². The normalized spacial score (nSPS) is 14.3. The quantitative estimate of drug-likeness (QED) is 0.528. The molecule has 0 radical (unpaired) electrons. The standard InChI is InChI=1S/C26H27FN4O4S/c1-29(19-25(32)28-22-12-10-21(27)11-13-22)26(33)20-6-5-9-24(18-20)36(34,35)31-16-14-30(15-17-31)23-7-3-2-4-8-23/h2-13,18H,14-17,19H2,1H3,(H,28,32). The maximum atomic E-state index is 13.3. The van der Waals surface area contributed by atoms with Crippen molar-refractivity contribution in [1.82, 2.24) is 9.21 Å². The summed E-state index contributed by atoms with van der Waals surface area (Å²) in [7, 11) is -2.34. The van der Waals surface area contributed by atoms with Crippen LogP contribution in [0.1, 0.15) is 10.4 Å². The Hall–Kier alpha value is -3.76. The summed E-state index contributed by atoms with van der Waals surface area (Å²) in [5, 5.41) is 2.59. The largest absolute Gasteiger partial charge is 0.369 e. The summed E-state index contributed by atoms with van der Waals surface area (Å²) in [5.74, 6) is -1.37. The van der Waals surface area contributed by atoms with E-state index in [1.807, 2.05) is 30.3 Å². The van der Waals surface area contributed by atoms with Crippen molar-refractivity contribution in [2.24, 2.45) is 0 Å². The zero-order chi connectivity index (χ0) is 25.7. The molecule has 1 aliphatic heterocycles. The van der Waals surface area contributed by atoms with E-state index in [-0.39, 0.29) is 17.0 Å². The Balaban J connectivity index is 1.39. The highest BCUT2D eigenvalue weighted by Crippen LogP contribution is 2.22. The lowest BCUT2D eigenvalue weighted by Gasteiger charge is -2.35. The Bertz CT molecular complexity index is 1330. The van der Waals surface area contributed by atoms with Gasteiger partial charge in [0.2, 0.25) is 15.9 Å². The Labute approximate surface area is 210 Å². The Morgan fingerprint density at radius 1 is 0.917 bits per heavy atom. The number of sulfonamides is 1. The van der Waals surface area contributed by atoms with Gasteiger partial charge in [-0.2, -0.15) is 4.31 Å². The number of likely N-dealkylation sites (N-methyl/N-ethyl adjacent to an activating group) is 1. The van der Waals surface area contributed by atoms with Crippen molar-refractivity contribution in [1.29, 1.82) is 0 Å². The summed E-state index contributed by atoms with van der Waals surface area (Å²) in [6.07, 6.45) is 0. The number of benzene rings is 3. The molecule has 1 fully saturated rings. The van der Waals surface area contributed by atoms with Crippen LogP contribution in [-0.4, -0.2) is 69.2 Å². The number of hydrogen-bond acceptors (Lipinski definition) is 5. The highest BCUT2D eigenvalue weighted by atomic mass is 32.2. The topological polar surface area (TPSA) is 90.0 Å². The maximum absolute atomic E-state index is 13.3. The number of carbonyl (C=O) groups is 2. The maximum Gasteiger partial charge on any atom is 0.254 e. The van der Waals surface area contributed by atoms with E-state index in [0.29, 0.717) is 31.9 Å². The van der Waals surface area contributed by atoms with Gasteiger partial charge in [0.15, 0.2) is 0 Å². The second kappa shape index (κ2) is 10.9. The molecule has 1 saturated heterocycles. The Morgan fingerprint density at radius 3 is 2.25 bits per heavy atom. The van der Waals surface area contributed by atoms with Crippen LogP contribution in [0.4, 0.5) is 15.8 Å². The average molecular weight is 511 g/mol. The number of nitrogens with zero attached hydrogens (tertiary/aromatic N) is 3. The first-order valence-electron chi connectivity index (χ1n) is 11.4. The second-order valence-corrected chi connectivity index (χ2v) is 10.4. The van der Waals surface area contributed by atoms with Crippen LogP contribution in [0.3, 0.4) is 0 Å². The summed E-state index contributed by atoms with van der Waals surface area (Å²) in [6.45, 7) is 1.54. The van der Waals surface area contributed by atoms with Gasteiger partial charge in [0.05, 0.1) is 11.4 Å². The zero-order valence-corrected chi connectivity index (χ0v) is 20.6. The molecule has 188 valence electrons. The first-order valence-corrected chi connectivity index (χ1v) is 12.9. The summed E-state index contributed by atoms with van der Waals surface area (Å²) < 4.78 is 41.0. The summed E-state index contributed by atoms with van der Waals surface area (Å²) in [5.41, 5.74) is 1.62. The third kappa shape index (κ3) is 5.89. The number of nitrogens with one attached hydrogen (secondary N) is 1. The number of piperazine rings is 1. The molecule has 0 saturated carbocycles. The highest BCUT2D eigenvalue weighted by Gasteiger charge is 2.29. The van der Waals surface area contributed by atoms with Gasteiger partial charge < -0.3 is 15.1 Å². The van der Waals surface area contributed by atoms with E-state index in [0.717, 1.165) is 5.69 Å². The number of hydrogen-bond donors (Lipinski definition) is 1. The summed E-state index contributed by atoms with van der Waals surface area (Å²) >= 11 is 0. The van der Waals surface area contributed by atoms with Crippen LogP contribution in [-0.2, 0) is 14.8 Å². The molecule has 3 aromatic rings.